The van der Waals surface area contributed by atoms with Crippen LogP contribution in [-0.2, 0) is 4.74 Å². The summed E-state index contributed by atoms with van der Waals surface area (Å²) in [5.41, 5.74) is 1.46. The lowest BCUT2D eigenvalue weighted by atomic mass is 9.98. The van der Waals surface area contributed by atoms with Crippen molar-refractivity contribution in [3.8, 4) is 0 Å². The minimum absolute atomic E-state index is 0.459. The van der Waals surface area contributed by atoms with Gasteiger partial charge in [0.2, 0.25) is 0 Å². The van der Waals surface area contributed by atoms with E-state index in [1.165, 1.54) is 41.3 Å². The highest BCUT2D eigenvalue weighted by molar-refractivity contribution is 7.17. The van der Waals surface area contributed by atoms with Gasteiger partial charge in [0.1, 0.15) is 0 Å². The number of ether oxygens (including phenoxy) is 1. The van der Waals surface area contributed by atoms with E-state index in [-0.39, 0.29) is 0 Å². The van der Waals surface area contributed by atoms with Crippen molar-refractivity contribution in [3.63, 3.8) is 0 Å². The molecule has 3 rings (SSSR count). The van der Waals surface area contributed by atoms with Crippen molar-refractivity contribution in [1.82, 2.24) is 5.32 Å². The molecular weight excluding hydrogens is 266 g/mol. The maximum Gasteiger partial charge on any atom is 0.0576 e. The van der Waals surface area contributed by atoms with E-state index in [9.17, 15) is 0 Å². The summed E-state index contributed by atoms with van der Waals surface area (Å²) in [5.74, 6) is 0. The molecule has 2 aromatic rings. The van der Waals surface area contributed by atoms with Gasteiger partial charge in [-0.05, 0) is 54.6 Å². The summed E-state index contributed by atoms with van der Waals surface area (Å²) in [6, 6.07) is 9.18. The number of benzene rings is 1. The van der Waals surface area contributed by atoms with Crippen LogP contribution in [-0.4, -0.2) is 19.3 Å². The molecule has 108 valence electrons. The zero-order valence-electron chi connectivity index (χ0n) is 12.1. The van der Waals surface area contributed by atoms with E-state index in [0.29, 0.717) is 12.1 Å². The zero-order valence-corrected chi connectivity index (χ0v) is 12.9. The normalized spacial score (nSPS) is 20.6. The van der Waals surface area contributed by atoms with Crippen molar-refractivity contribution < 1.29 is 4.74 Å². The Kier molecular flexibility index (Phi) is 4.71. The zero-order chi connectivity index (χ0) is 13.8. The van der Waals surface area contributed by atoms with Crippen LogP contribution in [0.25, 0.3) is 10.1 Å². The van der Waals surface area contributed by atoms with Gasteiger partial charge in [0.25, 0.3) is 0 Å². The van der Waals surface area contributed by atoms with Crippen LogP contribution >= 0.6 is 11.3 Å². The summed E-state index contributed by atoms with van der Waals surface area (Å²) in [6.07, 6.45) is 5.29. The standard InChI is InChI=1S/C17H23NOS/c1-2-18-16(10-9-13-6-5-11-19-13)15-12-20-17-8-4-3-7-14(15)17/h3-4,7-8,12-13,16,18H,2,5-6,9-11H2,1H3. The highest BCUT2D eigenvalue weighted by atomic mass is 32.1. The van der Waals surface area contributed by atoms with E-state index >= 15 is 0 Å². The van der Waals surface area contributed by atoms with Gasteiger partial charge in [-0.3, -0.25) is 0 Å². The molecule has 0 bridgehead atoms. The topological polar surface area (TPSA) is 21.3 Å². The molecule has 0 radical (unpaired) electrons. The van der Waals surface area contributed by atoms with Crippen molar-refractivity contribution in [2.24, 2.45) is 0 Å². The molecule has 2 unspecified atom stereocenters. The van der Waals surface area contributed by atoms with Gasteiger partial charge in [-0.1, -0.05) is 25.1 Å². The molecule has 0 amide bonds. The summed E-state index contributed by atoms with van der Waals surface area (Å²) in [4.78, 5) is 0. The second-order valence-corrected chi connectivity index (χ2v) is 6.42. The Morgan fingerprint density at radius 1 is 1.40 bits per heavy atom. The SMILES string of the molecule is CCNC(CCC1CCCO1)c1csc2ccccc12. The number of hydrogen-bond acceptors (Lipinski definition) is 3. The van der Waals surface area contributed by atoms with Gasteiger partial charge in [-0.25, -0.2) is 0 Å². The first-order valence-corrected chi connectivity index (χ1v) is 8.57. The highest BCUT2D eigenvalue weighted by Gasteiger charge is 2.20. The lowest BCUT2D eigenvalue weighted by Gasteiger charge is -2.19. The monoisotopic (exact) mass is 289 g/mol. The van der Waals surface area contributed by atoms with Gasteiger partial charge in [-0.2, -0.15) is 0 Å². The fourth-order valence-corrected chi connectivity index (χ4v) is 4.12. The maximum absolute atomic E-state index is 5.76. The average molecular weight is 289 g/mol. The van der Waals surface area contributed by atoms with Crippen LogP contribution in [0.5, 0.6) is 0 Å². The van der Waals surface area contributed by atoms with Crippen LogP contribution in [0.3, 0.4) is 0 Å². The minimum atomic E-state index is 0.459. The molecule has 1 aliphatic heterocycles. The Morgan fingerprint density at radius 3 is 3.10 bits per heavy atom. The molecule has 3 heteroatoms. The molecule has 0 spiro atoms. The summed E-state index contributed by atoms with van der Waals surface area (Å²) >= 11 is 1.85. The molecule has 1 aromatic carbocycles. The number of nitrogens with one attached hydrogen (secondary N) is 1. The van der Waals surface area contributed by atoms with Crippen LogP contribution in [0.1, 0.15) is 44.2 Å². The summed E-state index contributed by atoms with van der Waals surface area (Å²) in [7, 11) is 0. The molecule has 2 heterocycles. The molecule has 1 N–H and O–H groups in total. The molecule has 20 heavy (non-hydrogen) atoms. The van der Waals surface area contributed by atoms with Crippen LogP contribution in [0.2, 0.25) is 0 Å². The van der Waals surface area contributed by atoms with Crippen LogP contribution in [0.4, 0.5) is 0 Å². The predicted molar refractivity (Wildman–Crippen MR) is 86.5 cm³/mol. The second kappa shape index (κ2) is 6.70. The van der Waals surface area contributed by atoms with Crippen molar-refractivity contribution >= 4 is 21.4 Å². The smallest absolute Gasteiger partial charge is 0.0576 e. The Morgan fingerprint density at radius 2 is 2.30 bits per heavy atom. The third-order valence-corrected chi connectivity index (χ3v) is 5.12. The summed E-state index contributed by atoms with van der Waals surface area (Å²) < 4.78 is 7.15. The average Bonchev–Trinajstić information content (AvgIpc) is 3.13. The van der Waals surface area contributed by atoms with Crippen molar-refractivity contribution in [1.29, 1.82) is 0 Å². The quantitative estimate of drug-likeness (QED) is 0.844. The third kappa shape index (κ3) is 3.05. The first-order chi connectivity index (χ1) is 9.88. The Bertz CT molecular complexity index is 545. The largest absolute Gasteiger partial charge is 0.378 e. The highest BCUT2D eigenvalue weighted by Crippen LogP contribution is 2.33. The maximum atomic E-state index is 5.76. The number of fused-ring (bicyclic) bond motifs is 1. The summed E-state index contributed by atoms with van der Waals surface area (Å²) in [6.45, 7) is 4.16. The molecule has 0 aliphatic carbocycles. The van der Waals surface area contributed by atoms with Crippen LogP contribution in [0.15, 0.2) is 29.6 Å². The number of rotatable bonds is 6. The van der Waals surface area contributed by atoms with Gasteiger partial charge in [0.05, 0.1) is 6.10 Å². The molecule has 1 aliphatic rings. The molecule has 2 nitrogen and oxygen atoms in total. The van der Waals surface area contributed by atoms with Gasteiger partial charge in [-0.15, -0.1) is 11.3 Å². The fourth-order valence-electron chi connectivity index (χ4n) is 3.11. The number of hydrogen-bond donors (Lipinski definition) is 1. The van der Waals surface area contributed by atoms with E-state index in [2.05, 4.69) is 41.9 Å². The Hall–Kier alpha value is -0.900. The Labute approximate surface area is 125 Å². The molecular formula is C17H23NOS. The first-order valence-electron chi connectivity index (χ1n) is 7.69. The first kappa shape index (κ1) is 14.1. The summed E-state index contributed by atoms with van der Waals surface area (Å²) in [5, 5.41) is 7.39. The fraction of sp³-hybridized carbons (Fsp3) is 0.529. The van der Waals surface area contributed by atoms with Crippen LogP contribution in [0, 0.1) is 0 Å². The van der Waals surface area contributed by atoms with Crippen LogP contribution < -0.4 is 5.32 Å². The second-order valence-electron chi connectivity index (χ2n) is 5.51. The van der Waals surface area contributed by atoms with E-state index in [4.69, 9.17) is 4.74 Å². The lowest BCUT2D eigenvalue weighted by molar-refractivity contribution is 0.0997. The predicted octanol–water partition coefficient (Wildman–Crippen LogP) is 4.51. The van der Waals surface area contributed by atoms with Gasteiger partial charge < -0.3 is 10.1 Å². The van der Waals surface area contributed by atoms with E-state index < -0.39 is 0 Å². The van der Waals surface area contributed by atoms with E-state index in [1.807, 2.05) is 11.3 Å². The molecule has 1 aromatic heterocycles. The Balaban J connectivity index is 1.75. The van der Waals surface area contributed by atoms with Gasteiger partial charge in [0.15, 0.2) is 0 Å². The van der Waals surface area contributed by atoms with Gasteiger partial charge >= 0.3 is 0 Å². The number of thiophene rings is 1. The van der Waals surface area contributed by atoms with Crippen molar-refractivity contribution in [2.75, 3.05) is 13.2 Å². The van der Waals surface area contributed by atoms with Crippen molar-refractivity contribution in [3.05, 3.63) is 35.2 Å². The van der Waals surface area contributed by atoms with Crippen molar-refractivity contribution in [2.45, 2.75) is 44.8 Å². The van der Waals surface area contributed by atoms with E-state index in [0.717, 1.165) is 13.2 Å². The molecule has 0 saturated carbocycles. The van der Waals surface area contributed by atoms with E-state index in [1.54, 1.807) is 0 Å². The lowest BCUT2D eigenvalue weighted by Crippen LogP contribution is -2.22. The third-order valence-electron chi connectivity index (χ3n) is 4.14. The molecule has 1 saturated heterocycles. The minimum Gasteiger partial charge on any atom is -0.378 e. The van der Waals surface area contributed by atoms with Gasteiger partial charge in [0, 0.05) is 17.3 Å². The molecule has 1 fully saturated rings. The molecule has 2 atom stereocenters.